The van der Waals surface area contributed by atoms with Crippen LogP contribution in [0.5, 0.6) is 11.5 Å². The molecule has 0 aliphatic carbocycles. The van der Waals surface area contributed by atoms with E-state index in [2.05, 4.69) is 93.5 Å². The molecular weight excluding hydrogens is 403 g/mol. The van der Waals surface area contributed by atoms with Crippen molar-refractivity contribution in [2.75, 3.05) is 7.11 Å². The monoisotopic (exact) mass is 442 g/mol. The molecule has 0 saturated heterocycles. The van der Waals surface area contributed by atoms with Gasteiger partial charge in [0.15, 0.2) is 0 Å². The van der Waals surface area contributed by atoms with Gasteiger partial charge < -0.3 is 9.05 Å². The predicted molar refractivity (Wildman–Crippen MR) is 132 cm³/mol. The van der Waals surface area contributed by atoms with Gasteiger partial charge in [0.2, 0.25) is 0 Å². The lowest BCUT2D eigenvalue weighted by atomic mass is 9.78. The van der Waals surface area contributed by atoms with Crippen LogP contribution in [0.15, 0.2) is 24.3 Å². The van der Waals surface area contributed by atoms with Crippen LogP contribution in [0.4, 0.5) is 0 Å². The molecule has 0 radical (unpaired) electrons. The Bertz CT molecular complexity index is 972. The van der Waals surface area contributed by atoms with Gasteiger partial charge >= 0.3 is 8.60 Å². The number of fused-ring (bicyclic) bond motifs is 2. The second kappa shape index (κ2) is 8.09. The molecule has 0 fully saturated rings. The molecule has 0 bridgehead atoms. The van der Waals surface area contributed by atoms with Gasteiger partial charge in [-0.15, -0.1) is 0 Å². The topological polar surface area (TPSA) is 27.7 Å². The second-order valence-electron chi connectivity index (χ2n) is 11.8. The van der Waals surface area contributed by atoms with Crippen LogP contribution in [0.2, 0.25) is 0 Å². The summed E-state index contributed by atoms with van der Waals surface area (Å²) in [4.78, 5) is 0. The van der Waals surface area contributed by atoms with Crippen molar-refractivity contribution in [2.24, 2.45) is 0 Å². The van der Waals surface area contributed by atoms with Crippen molar-refractivity contribution < 1.29 is 13.6 Å². The van der Waals surface area contributed by atoms with E-state index in [9.17, 15) is 0 Å². The van der Waals surface area contributed by atoms with Crippen LogP contribution in [0, 0.1) is 6.92 Å². The Morgan fingerprint density at radius 3 is 1.65 bits per heavy atom. The molecule has 1 heterocycles. The van der Waals surface area contributed by atoms with Crippen LogP contribution in [0.3, 0.4) is 0 Å². The Morgan fingerprint density at radius 1 is 0.710 bits per heavy atom. The molecule has 0 spiro atoms. The minimum Gasteiger partial charge on any atom is -0.417 e. The first kappa shape index (κ1) is 24.1. The summed E-state index contributed by atoms with van der Waals surface area (Å²) < 4.78 is 18.7. The second-order valence-corrected chi connectivity index (χ2v) is 13.0. The normalized spacial score (nSPS) is 17.1. The zero-order valence-corrected chi connectivity index (χ0v) is 22.1. The van der Waals surface area contributed by atoms with E-state index in [4.69, 9.17) is 13.6 Å². The Hall–Kier alpha value is -1.57. The van der Waals surface area contributed by atoms with Gasteiger partial charge in [0, 0.05) is 24.7 Å². The summed E-state index contributed by atoms with van der Waals surface area (Å²) in [5.74, 6) is 1.83. The molecule has 0 saturated carbocycles. The van der Waals surface area contributed by atoms with Crippen LogP contribution in [-0.2, 0) is 27.2 Å². The molecule has 170 valence electrons. The van der Waals surface area contributed by atoms with Crippen molar-refractivity contribution in [3.8, 4) is 11.5 Å². The fourth-order valence-corrected chi connectivity index (χ4v) is 4.93. The predicted octanol–water partition coefficient (Wildman–Crippen LogP) is 8.12. The lowest BCUT2D eigenvalue weighted by molar-refractivity contribution is 0.313. The van der Waals surface area contributed by atoms with Crippen molar-refractivity contribution in [1.82, 2.24) is 0 Å². The van der Waals surface area contributed by atoms with E-state index >= 15 is 0 Å². The average molecular weight is 443 g/mol. The van der Waals surface area contributed by atoms with Crippen LogP contribution >= 0.6 is 8.60 Å². The molecule has 3 rings (SSSR count). The van der Waals surface area contributed by atoms with E-state index in [1.165, 1.54) is 33.4 Å². The molecule has 0 aromatic heterocycles. The van der Waals surface area contributed by atoms with Gasteiger partial charge in [0.05, 0.1) is 0 Å². The Labute approximate surface area is 190 Å². The summed E-state index contributed by atoms with van der Waals surface area (Å²) in [6.07, 6.45) is 0.773. The molecule has 1 aliphatic heterocycles. The Balaban J connectivity index is 2.33. The molecule has 3 nitrogen and oxygen atoms in total. The van der Waals surface area contributed by atoms with E-state index in [1.807, 2.05) is 0 Å². The van der Waals surface area contributed by atoms with Gasteiger partial charge in [0.25, 0.3) is 0 Å². The number of hydrogen-bond acceptors (Lipinski definition) is 3. The quantitative estimate of drug-likeness (QED) is 0.417. The van der Waals surface area contributed by atoms with Gasteiger partial charge in [-0.1, -0.05) is 92.1 Å². The minimum absolute atomic E-state index is 0.0449. The third kappa shape index (κ3) is 5.10. The highest BCUT2D eigenvalue weighted by molar-refractivity contribution is 7.42. The van der Waals surface area contributed by atoms with Gasteiger partial charge in [-0.2, -0.15) is 0 Å². The van der Waals surface area contributed by atoms with Crippen molar-refractivity contribution in [1.29, 1.82) is 0 Å². The number of hydrogen-bond donors (Lipinski definition) is 0. The van der Waals surface area contributed by atoms with Crippen molar-refractivity contribution in [3.05, 3.63) is 57.6 Å². The van der Waals surface area contributed by atoms with Gasteiger partial charge in [-0.25, -0.2) is 0 Å². The summed E-state index contributed by atoms with van der Waals surface area (Å²) in [5, 5.41) is 0. The molecule has 0 N–H and O–H groups in total. The van der Waals surface area contributed by atoms with Crippen molar-refractivity contribution >= 4 is 8.60 Å². The SMILES string of the molecule is COP1Oc2c(cc(C)cc2C(C)(C)C)Cc2cc(C(C)(C)C)cc(C(C)(C)C)c2O1. The zero-order valence-electron chi connectivity index (χ0n) is 21.2. The number of aryl methyl sites for hydroxylation is 1. The Morgan fingerprint density at radius 2 is 1.19 bits per heavy atom. The summed E-state index contributed by atoms with van der Waals surface area (Å²) in [5.41, 5.74) is 7.32. The molecule has 0 amide bonds. The Kier molecular flexibility index (Phi) is 6.28. The van der Waals surface area contributed by atoms with Crippen molar-refractivity contribution in [2.45, 2.75) is 91.9 Å². The zero-order chi connectivity index (χ0) is 23.4. The molecular formula is C27H39O3P. The standard InChI is InChI=1S/C27H39O3P/c1-17-12-18-14-19-15-20(25(2,3)4)16-22(27(8,9)10)24(19)30-31(28-11)29-23(18)21(13-17)26(5,6)7/h12-13,15-16H,14H2,1-11H3. The average Bonchev–Trinajstić information content (AvgIpc) is 2.58. The lowest BCUT2D eigenvalue weighted by Crippen LogP contribution is -2.21. The summed E-state index contributed by atoms with van der Waals surface area (Å²) in [7, 11) is 0.104. The molecule has 2 aromatic rings. The van der Waals surface area contributed by atoms with E-state index in [1.54, 1.807) is 7.11 Å². The van der Waals surface area contributed by atoms with Gasteiger partial charge in [-0.05, 0) is 39.9 Å². The van der Waals surface area contributed by atoms with E-state index in [-0.39, 0.29) is 16.2 Å². The van der Waals surface area contributed by atoms with E-state index < -0.39 is 8.60 Å². The van der Waals surface area contributed by atoms with Gasteiger partial charge in [0.1, 0.15) is 11.5 Å². The highest BCUT2D eigenvalue weighted by Crippen LogP contribution is 2.52. The maximum Gasteiger partial charge on any atom is 0.462 e. The lowest BCUT2D eigenvalue weighted by Gasteiger charge is -2.33. The summed E-state index contributed by atoms with van der Waals surface area (Å²) in [6, 6.07) is 9.11. The smallest absolute Gasteiger partial charge is 0.417 e. The largest absolute Gasteiger partial charge is 0.462 e. The van der Waals surface area contributed by atoms with Gasteiger partial charge in [-0.3, -0.25) is 4.52 Å². The van der Waals surface area contributed by atoms with E-state index in [0.717, 1.165) is 17.9 Å². The van der Waals surface area contributed by atoms with Crippen LogP contribution in [0.25, 0.3) is 0 Å². The van der Waals surface area contributed by atoms with Crippen molar-refractivity contribution in [3.63, 3.8) is 0 Å². The molecule has 1 aliphatic rings. The number of rotatable bonds is 1. The number of benzene rings is 2. The molecule has 1 atom stereocenters. The molecule has 31 heavy (non-hydrogen) atoms. The molecule has 2 aromatic carbocycles. The molecule has 1 unspecified atom stereocenters. The molecule has 4 heteroatoms. The first-order chi connectivity index (χ1) is 14.1. The van der Waals surface area contributed by atoms with Crippen LogP contribution in [-0.4, -0.2) is 7.11 Å². The maximum atomic E-state index is 6.49. The third-order valence-electron chi connectivity index (χ3n) is 5.82. The fourth-order valence-electron chi connectivity index (χ4n) is 4.01. The van der Waals surface area contributed by atoms with Crippen LogP contribution in [0.1, 0.15) is 95.7 Å². The summed E-state index contributed by atoms with van der Waals surface area (Å²) in [6.45, 7) is 22.4. The highest BCUT2D eigenvalue weighted by Gasteiger charge is 2.33. The highest BCUT2D eigenvalue weighted by atomic mass is 31.2. The van der Waals surface area contributed by atoms with E-state index in [0.29, 0.717) is 0 Å². The maximum absolute atomic E-state index is 6.49. The van der Waals surface area contributed by atoms with Crippen LogP contribution < -0.4 is 9.05 Å². The first-order valence-corrected chi connectivity index (χ1v) is 12.2. The fraction of sp³-hybridized carbons (Fsp3) is 0.556. The summed E-state index contributed by atoms with van der Waals surface area (Å²) >= 11 is 0. The third-order valence-corrected chi connectivity index (χ3v) is 6.78. The first-order valence-electron chi connectivity index (χ1n) is 11.1. The minimum atomic E-state index is -1.56.